The molecule has 0 bridgehead atoms. The fourth-order valence-corrected chi connectivity index (χ4v) is 1.92. The number of hydrogen-bond acceptors (Lipinski definition) is 2. The Morgan fingerprint density at radius 1 is 1.50 bits per heavy atom. The number of amides is 1. The van der Waals surface area contributed by atoms with E-state index in [4.69, 9.17) is 4.74 Å². The molecule has 0 unspecified atom stereocenters. The first-order valence-electron chi connectivity index (χ1n) is 4.82. The molecule has 0 aromatic heterocycles. The van der Waals surface area contributed by atoms with E-state index in [1.807, 2.05) is 32.6 Å². The van der Waals surface area contributed by atoms with Crippen LogP contribution in [-0.4, -0.2) is 35.6 Å². The molecule has 0 aromatic rings. The average molecular weight is 197 g/mol. The third kappa shape index (κ3) is 1.57. The van der Waals surface area contributed by atoms with Crippen molar-refractivity contribution >= 4 is 5.91 Å². The molecular weight excluding hydrogens is 178 g/mol. The summed E-state index contributed by atoms with van der Waals surface area (Å²) < 4.78 is 5.15. The molecule has 1 aliphatic rings. The lowest BCUT2D eigenvalue weighted by atomic mass is 9.86. The summed E-state index contributed by atoms with van der Waals surface area (Å²) in [6.07, 6.45) is -0.327. The van der Waals surface area contributed by atoms with Gasteiger partial charge in [0.05, 0.1) is 6.04 Å². The molecule has 0 radical (unpaired) electrons. The summed E-state index contributed by atoms with van der Waals surface area (Å²) in [5, 5.41) is 0. The van der Waals surface area contributed by atoms with Crippen molar-refractivity contribution in [2.75, 3.05) is 7.11 Å². The van der Waals surface area contributed by atoms with Gasteiger partial charge < -0.3 is 9.64 Å². The van der Waals surface area contributed by atoms with Gasteiger partial charge in [-0.15, -0.1) is 0 Å². The molecule has 3 nitrogen and oxygen atoms in total. The van der Waals surface area contributed by atoms with E-state index in [9.17, 15) is 4.79 Å². The molecule has 1 saturated heterocycles. The second kappa shape index (κ2) is 3.39. The number of rotatable bonds is 2. The van der Waals surface area contributed by atoms with Crippen molar-refractivity contribution in [3.8, 4) is 0 Å². The minimum absolute atomic E-state index is 0.0347. The summed E-state index contributed by atoms with van der Waals surface area (Å²) >= 11 is 0. The topological polar surface area (TPSA) is 29.5 Å². The van der Waals surface area contributed by atoms with Gasteiger partial charge in [-0.3, -0.25) is 4.79 Å². The molecule has 2 atom stereocenters. The molecule has 1 rings (SSSR count). The van der Waals surface area contributed by atoms with Gasteiger partial charge in [-0.2, -0.15) is 0 Å². The van der Waals surface area contributed by atoms with Gasteiger partial charge in [-0.05, 0) is 27.7 Å². The van der Waals surface area contributed by atoms with Crippen molar-refractivity contribution in [1.29, 1.82) is 0 Å². The molecule has 0 saturated carbocycles. The fourth-order valence-electron chi connectivity index (χ4n) is 1.92. The number of carbonyl (C=O) groups is 1. The second-order valence-corrected chi connectivity index (χ2v) is 4.83. The first-order chi connectivity index (χ1) is 6.30. The number of hydrogen-bond donors (Lipinski definition) is 0. The van der Waals surface area contributed by atoms with Crippen molar-refractivity contribution in [2.24, 2.45) is 0 Å². The molecule has 0 aromatic carbocycles. The molecule has 0 spiro atoms. The minimum Gasteiger partial charge on any atom is -0.369 e. The van der Waals surface area contributed by atoms with Crippen LogP contribution in [0.15, 0.2) is 12.2 Å². The highest BCUT2D eigenvalue weighted by atomic mass is 16.5. The van der Waals surface area contributed by atoms with Crippen LogP contribution in [-0.2, 0) is 9.53 Å². The molecule has 1 heterocycles. The molecule has 1 fully saturated rings. The molecule has 1 aliphatic heterocycles. The summed E-state index contributed by atoms with van der Waals surface area (Å²) in [4.78, 5) is 13.6. The van der Waals surface area contributed by atoms with Crippen molar-refractivity contribution in [2.45, 2.75) is 45.4 Å². The third-order valence-electron chi connectivity index (χ3n) is 2.53. The molecule has 80 valence electrons. The van der Waals surface area contributed by atoms with Crippen molar-refractivity contribution < 1.29 is 9.53 Å². The highest BCUT2D eigenvalue weighted by molar-refractivity contribution is 5.90. The molecule has 14 heavy (non-hydrogen) atoms. The van der Waals surface area contributed by atoms with Crippen molar-refractivity contribution in [1.82, 2.24) is 4.90 Å². The number of ether oxygens (including phenoxy) is 1. The van der Waals surface area contributed by atoms with E-state index in [0.717, 1.165) is 5.57 Å². The van der Waals surface area contributed by atoms with Crippen LogP contribution in [0.25, 0.3) is 0 Å². The minimum atomic E-state index is -0.327. The normalized spacial score (nSPS) is 27.5. The number of carbonyl (C=O) groups excluding carboxylic acids is 1. The van der Waals surface area contributed by atoms with Gasteiger partial charge in [0.15, 0.2) is 6.10 Å². The Morgan fingerprint density at radius 3 is 2.29 bits per heavy atom. The summed E-state index contributed by atoms with van der Waals surface area (Å²) in [5.74, 6) is 0.0630. The average Bonchev–Trinajstić information content (AvgIpc) is 1.97. The van der Waals surface area contributed by atoms with Gasteiger partial charge >= 0.3 is 0 Å². The van der Waals surface area contributed by atoms with E-state index in [1.165, 1.54) is 0 Å². The van der Waals surface area contributed by atoms with Crippen LogP contribution in [0.5, 0.6) is 0 Å². The fraction of sp³-hybridized carbons (Fsp3) is 0.727. The van der Waals surface area contributed by atoms with Crippen LogP contribution in [0.1, 0.15) is 27.7 Å². The molecule has 3 heteroatoms. The van der Waals surface area contributed by atoms with Crippen molar-refractivity contribution in [3.05, 3.63) is 12.2 Å². The van der Waals surface area contributed by atoms with Crippen molar-refractivity contribution in [3.63, 3.8) is 0 Å². The molecule has 1 amide bonds. The maximum atomic E-state index is 11.7. The van der Waals surface area contributed by atoms with E-state index in [-0.39, 0.29) is 23.6 Å². The standard InChI is InChI=1S/C11H19NO2/c1-7(2)8-9(14-6)10(13)12(8)11(3,4)5/h8-9H,1H2,2-6H3/t8-,9+/m1/s1. The summed E-state index contributed by atoms with van der Waals surface area (Å²) in [7, 11) is 1.57. The predicted octanol–water partition coefficient (Wildman–Crippen LogP) is 1.59. The quantitative estimate of drug-likeness (QED) is 0.497. The zero-order valence-electron chi connectivity index (χ0n) is 9.63. The van der Waals surface area contributed by atoms with Gasteiger partial charge in [0.1, 0.15) is 0 Å². The Balaban J connectivity index is 2.89. The van der Waals surface area contributed by atoms with E-state index in [2.05, 4.69) is 6.58 Å². The lowest BCUT2D eigenvalue weighted by Gasteiger charge is -2.53. The zero-order chi connectivity index (χ0) is 11.1. The number of β-lactam (4-membered cyclic amide) rings is 1. The van der Waals surface area contributed by atoms with Gasteiger partial charge in [0.25, 0.3) is 5.91 Å². The van der Waals surface area contributed by atoms with E-state index < -0.39 is 0 Å². The number of methoxy groups -OCH3 is 1. The maximum absolute atomic E-state index is 11.7. The molecule has 0 aliphatic carbocycles. The van der Waals surface area contributed by atoms with Gasteiger partial charge in [0.2, 0.25) is 0 Å². The van der Waals surface area contributed by atoms with E-state index in [0.29, 0.717) is 0 Å². The largest absolute Gasteiger partial charge is 0.369 e. The van der Waals surface area contributed by atoms with Crippen LogP contribution in [0.4, 0.5) is 0 Å². The highest BCUT2D eigenvalue weighted by Crippen LogP contribution is 2.34. The van der Waals surface area contributed by atoms with Gasteiger partial charge in [-0.25, -0.2) is 0 Å². The summed E-state index contributed by atoms with van der Waals surface area (Å²) in [6, 6.07) is 0.0347. The van der Waals surface area contributed by atoms with Crippen LogP contribution in [0, 0.1) is 0 Å². The summed E-state index contributed by atoms with van der Waals surface area (Å²) in [6.45, 7) is 11.9. The number of likely N-dealkylation sites (tertiary alicyclic amines) is 1. The SMILES string of the molecule is C=C(C)[C@@H]1[C@H](OC)C(=O)N1C(C)(C)C. The molecule has 0 N–H and O–H groups in total. The maximum Gasteiger partial charge on any atom is 0.255 e. The smallest absolute Gasteiger partial charge is 0.255 e. The second-order valence-electron chi connectivity index (χ2n) is 4.83. The lowest BCUT2D eigenvalue weighted by Crippen LogP contribution is -2.71. The van der Waals surface area contributed by atoms with E-state index in [1.54, 1.807) is 7.11 Å². The monoisotopic (exact) mass is 197 g/mol. The summed E-state index contributed by atoms with van der Waals surface area (Å²) in [5.41, 5.74) is 0.821. The third-order valence-corrected chi connectivity index (χ3v) is 2.53. The Morgan fingerprint density at radius 2 is 2.00 bits per heavy atom. The van der Waals surface area contributed by atoms with Crippen LogP contribution < -0.4 is 0 Å². The predicted molar refractivity (Wildman–Crippen MR) is 56.0 cm³/mol. The Kier molecular flexibility index (Phi) is 2.72. The Hall–Kier alpha value is -0.830. The Bertz CT molecular complexity index is 265. The lowest BCUT2D eigenvalue weighted by molar-refractivity contribution is -0.176. The Labute approximate surface area is 85.7 Å². The first kappa shape index (κ1) is 11.2. The van der Waals surface area contributed by atoms with Gasteiger partial charge in [0, 0.05) is 12.6 Å². The van der Waals surface area contributed by atoms with E-state index >= 15 is 0 Å². The van der Waals surface area contributed by atoms with Crippen LogP contribution >= 0.6 is 0 Å². The molecular formula is C11H19NO2. The number of nitrogens with zero attached hydrogens (tertiary/aromatic N) is 1. The van der Waals surface area contributed by atoms with Crippen LogP contribution in [0.2, 0.25) is 0 Å². The zero-order valence-corrected chi connectivity index (χ0v) is 9.63. The highest BCUT2D eigenvalue weighted by Gasteiger charge is 2.52. The van der Waals surface area contributed by atoms with Gasteiger partial charge in [-0.1, -0.05) is 12.2 Å². The van der Waals surface area contributed by atoms with Crippen LogP contribution in [0.3, 0.4) is 0 Å². The first-order valence-corrected chi connectivity index (χ1v) is 4.82.